The number of carbonyl (C=O) groups excluding carboxylic acids is 2. The molecular formula is C17H22N2O5. The number of benzene rings is 1. The SMILES string of the molecule is COc1ccc(OC)c(NC(=O)C2CC2C(=O)N2CCOCC2)c1. The monoisotopic (exact) mass is 334 g/mol. The first-order chi connectivity index (χ1) is 11.6. The average molecular weight is 334 g/mol. The van der Waals surface area contributed by atoms with E-state index in [-0.39, 0.29) is 23.7 Å². The Morgan fingerprint density at radius 1 is 1.17 bits per heavy atom. The summed E-state index contributed by atoms with van der Waals surface area (Å²) >= 11 is 0. The summed E-state index contributed by atoms with van der Waals surface area (Å²) in [5.41, 5.74) is 0.548. The molecule has 1 saturated carbocycles. The van der Waals surface area contributed by atoms with Crippen LogP contribution in [0.1, 0.15) is 6.42 Å². The second kappa shape index (κ2) is 7.09. The van der Waals surface area contributed by atoms with Crippen LogP contribution < -0.4 is 14.8 Å². The first-order valence-corrected chi connectivity index (χ1v) is 8.03. The molecular weight excluding hydrogens is 312 g/mol. The summed E-state index contributed by atoms with van der Waals surface area (Å²) in [6, 6.07) is 5.20. The lowest BCUT2D eigenvalue weighted by molar-refractivity contribution is -0.137. The van der Waals surface area contributed by atoms with Gasteiger partial charge in [-0.2, -0.15) is 0 Å². The molecule has 1 heterocycles. The molecule has 2 amide bonds. The second-order valence-corrected chi connectivity index (χ2v) is 5.94. The van der Waals surface area contributed by atoms with Gasteiger partial charge in [-0.15, -0.1) is 0 Å². The lowest BCUT2D eigenvalue weighted by atomic mass is 10.2. The van der Waals surface area contributed by atoms with Crippen LogP contribution in [-0.2, 0) is 14.3 Å². The molecule has 130 valence electrons. The highest BCUT2D eigenvalue weighted by molar-refractivity contribution is 6.00. The molecule has 1 aromatic carbocycles. The minimum Gasteiger partial charge on any atom is -0.497 e. The molecule has 3 rings (SSSR count). The number of hydrogen-bond donors (Lipinski definition) is 1. The fourth-order valence-electron chi connectivity index (χ4n) is 2.91. The van der Waals surface area contributed by atoms with E-state index >= 15 is 0 Å². The van der Waals surface area contributed by atoms with E-state index in [0.717, 1.165) is 0 Å². The van der Waals surface area contributed by atoms with Crippen molar-refractivity contribution in [2.75, 3.05) is 45.8 Å². The number of hydrogen-bond acceptors (Lipinski definition) is 5. The number of anilines is 1. The first-order valence-electron chi connectivity index (χ1n) is 8.03. The maximum atomic E-state index is 12.4. The van der Waals surface area contributed by atoms with E-state index in [1.807, 2.05) is 0 Å². The summed E-state index contributed by atoms with van der Waals surface area (Å²) in [7, 11) is 3.10. The molecule has 0 spiro atoms. The summed E-state index contributed by atoms with van der Waals surface area (Å²) in [5, 5.41) is 2.85. The maximum Gasteiger partial charge on any atom is 0.228 e. The Hall–Kier alpha value is -2.28. The quantitative estimate of drug-likeness (QED) is 0.874. The molecule has 7 nitrogen and oxygen atoms in total. The summed E-state index contributed by atoms with van der Waals surface area (Å²) < 4.78 is 15.7. The third kappa shape index (κ3) is 3.46. The smallest absolute Gasteiger partial charge is 0.228 e. The molecule has 2 fully saturated rings. The van der Waals surface area contributed by atoms with Gasteiger partial charge in [-0.25, -0.2) is 0 Å². The second-order valence-electron chi connectivity index (χ2n) is 5.94. The van der Waals surface area contributed by atoms with E-state index < -0.39 is 0 Å². The fourth-order valence-corrected chi connectivity index (χ4v) is 2.91. The van der Waals surface area contributed by atoms with Crippen LogP contribution in [0.3, 0.4) is 0 Å². The van der Waals surface area contributed by atoms with Crippen LogP contribution in [0.4, 0.5) is 5.69 Å². The molecule has 0 bridgehead atoms. The van der Waals surface area contributed by atoms with Crippen molar-refractivity contribution in [2.45, 2.75) is 6.42 Å². The summed E-state index contributed by atoms with van der Waals surface area (Å²) in [4.78, 5) is 26.6. The van der Waals surface area contributed by atoms with Gasteiger partial charge in [0, 0.05) is 19.2 Å². The highest BCUT2D eigenvalue weighted by atomic mass is 16.5. The van der Waals surface area contributed by atoms with E-state index in [4.69, 9.17) is 14.2 Å². The van der Waals surface area contributed by atoms with Crippen molar-refractivity contribution in [3.8, 4) is 11.5 Å². The molecule has 2 aliphatic rings. The van der Waals surface area contributed by atoms with Crippen LogP contribution in [0.2, 0.25) is 0 Å². The molecule has 1 N–H and O–H groups in total. The zero-order valence-corrected chi connectivity index (χ0v) is 13.9. The Morgan fingerprint density at radius 2 is 1.92 bits per heavy atom. The molecule has 1 aliphatic carbocycles. The largest absolute Gasteiger partial charge is 0.497 e. The van der Waals surface area contributed by atoms with Crippen LogP contribution in [0, 0.1) is 11.8 Å². The topological polar surface area (TPSA) is 77.1 Å². The number of carbonyl (C=O) groups is 2. The maximum absolute atomic E-state index is 12.4. The van der Waals surface area contributed by atoms with Crippen molar-refractivity contribution < 1.29 is 23.8 Å². The number of methoxy groups -OCH3 is 2. The minimum absolute atomic E-state index is 0.0519. The molecule has 0 radical (unpaired) electrons. The molecule has 1 saturated heterocycles. The van der Waals surface area contributed by atoms with E-state index in [1.54, 1.807) is 37.3 Å². The predicted octanol–water partition coefficient (Wildman–Crippen LogP) is 1.14. The Morgan fingerprint density at radius 3 is 2.58 bits per heavy atom. The molecule has 1 aliphatic heterocycles. The summed E-state index contributed by atoms with van der Waals surface area (Å²) in [6.07, 6.45) is 0.592. The zero-order chi connectivity index (χ0) is 17.1. The van der Waals surface area contributed by atoms with Gasteiger partial charge in [0.25, 0.3) is 0 Å². The van der Waals surface area contributed by atoms with Crippen LogP contribution in [0.25, 0.3) is 0 Å². The van der Waals surface area contributed by atoms with E-state index in [2.05, 4.69) is 5.32 Å². The Bertz CT molecular complexity index is 627. The highest BCUT2D eigenvalue weighted by Crippen LogP contribution is 2.41. The van der Waals surface area contributed by atoms with Gasteiger partial charge < -0.3 is 24.4 Å². The first kappa shape index (κ1) is 16.6. The van der Waals surface area contributed by atoms with Crippen molar-refractivity contribution in [3.63, 3.8) is 0 Å². The molecule has 24 heavy (non-hydrogen) atoms. The molecule has 2 unspecified atom stereocenters. The average Bonchev–Trinajstić information content (AvgIpc) is 3.42. The number of nitrogens with one attached hydrogen (secondary N) is 1. The van der Waals surface area contributed by atoms with Crippen LogP contribution >= 0.6 is 0 Å². The van der Waals surface area contributed by atoms with Gasteiger partial charge in [0.05, 0.1) is 45.0 Å². The van der Waals surface area contributed by atoms with Gasteiger partial charge in [0.1, 0.15) is 11.5 Å². The molecule has 7 heteroatoms. The zero-order valence-electron chi connectivity index (χ0n) is 13.9. The van der Waals surface area contributed by atoms with Gasteiger partial charge in [-0.1, -0.05) is 0 Å². The van der Waals surface area contributed by atoms with E-state index in [9.17, 15) is 9.59 Å². The van der Waals surface area contributed by atoms with Crippen LogP contribution in [-0.4, -0.2) is 57.2 Å². The number of amides is 2. The molecule has 1 aromatic rings. The van der Waals surface area contributed by atoms with Crippen molar-refractivity contribution in [3.05, 3.63) is 18.2 Å². The van der Waals surface area contributed by atoms with E-state index in [0.29, 0.717) is 49.9 Å². The number of morpholine rings is 1. The van der Waals surface area contributed by atoms with Gasteiger partial charge >= 0.3 is 0 Å². The highest BCUT2D eigenvalue weighted by Gasteiger charge is 2.49. The summed E-state index contributed by atoms with van der Waals surface area (Å²) in [6.45, 7) is 2.34. The predicted molar refractivity (Wildman–Crippen MR) is 87.2 cm³/mol. The van der Waals surface area contributed by atoms with Crippen LogP contribution in [0.15, 0.2) is 18.2 Å². The molecule has 2 atom stereocenters. The van der Waals surface area contributed by atoms with Gasteiger partial charge in [0.15, 0.2) is 0 Å². The third-order valence-electron chi connectivity index (χ3n) is 4.43. The lowest BCUT2D eigenvalue weighted by Gasteiger charge is -2.27. The number of rotatable bonds is 5. The van der Waals surface area contributed by atoms with Crippen molar-refractivity contribution in [1.82, 2.24) is 4.90 Å². The minimum atomic E-state index is -0.281. The lowest BCUT2D eigenvalue weighted by Crippen LogP contribution is -2.42. The van der Waals surface area contributed by atoms with Gasteiger partial charge in [-0.3, -0.25) is 9.59 Å². The van der Waals surface area contributed by atoms with Crippen LogP contribution in [0.5, 0.6) is 11.5 Å². The summed E-state index contributed by atoms with van der Waals surface area (Å²) in [5.74, 6) is 0.573. The number of nitrogens with zero attached hydrogens (tertiary/aromatic N) is 1. The van der Waals surface area contributed by atoms with E-state index in [1.165, 1.54) is 0 Å². The van der Waals surface area contributed by atoms with Crippen molar-refractivity contribution >= 4 is 17.5 Å². The third-order valence-corrected chi connectivity index (χ3v) is 4.43. The Labute approximate surface area is 140 Å². The van der Waals surface area contributed by atoms with Gasteiger partial charge in [0.2, 0.25) is 11.8 Å². The Kier molecular flexibility index (Phi) is 4.89. The van der Waals surface area contributed by atoms with Gasteiger partial charge in [-0.05, 0) is 18.6 Å². The standard InChI is InChI=1S/C17H22N2O5/c1-22-11-3-4-15(23-2)14(9-11)18-16(20)12-10-13(12)17(21)19-5-7-24-8-6-19/h3-4,9,12-13H,5-8,10H2,1-2H3,(H,18,20). The van der Waals surface area contributed by atoms with Crippen molar-refractivity contribution in [1.29, 1.82) is 0 Å². The normalized spacial score (nSPS) is 22.7. The van der Waals surface area contributed by atoms with Crippen molar-refractivity contribution in [2.24, 2.45) is 11.8 Å². The number of ether oxygens (including phenoxy) is 3. The molecule has 0 aromatic heterocycles. The Balaban J connectivity index is 1.61. The fraction of sp³-hybridized carbons (Fsp3) is 0.529.